The maximum Gasteiger partial charge on any atom is 0.104 e. The van der Waals surface area contributed by atoms with Crippen molar-refractivity contribution in [2.45, 2.75) is 0 Å². The molecule has 1 heteroatoms. The van der Waals surface area contributed by atoms with E-state index < -0.39 is 0 Å². The van der Waals surface area contributed by atoms with Gasteiger partial charge in [-0.3, -0.25) is 0 Å². The molecule has 0 aliphatic heterocycles. The second-order valence-corrected chi connectivity index (χ2v) is 1.75. The molecule has 1 N–H and O–H groups in total. The number of benzene rings is 1. The highest BCUT2D eigenvalue weighted by Crippen LogP contribution is 1.93. The predicted octanol–water partition coefficient (Wildman–Crippen LogP) is 0.831. The van der Waals surface area contributed by atoms with Gasteiger partial charge in [-0.25, -0.2) is 0 Å². The van der Waals surface area contributed by atoms with E-state index in [1.165, 1.54) is 0 Å². The first kappa shape index (κ1) is 6.85. The van der Waals surface area contributed by atoms with E-state index in [1.54, 1.807) is 12.1 Å². The summed E-state index contributed by atoms with van der Waals surface area (Å²) < 4.78 is 0. The third-order valence-electron chi connectivity index (χ3n) is 1.03. The number of rotatable bonds is 0. The molecule has 1 aromatic rings. The van der Waals surface area contributed by atoms with Crippen molar-refractivity contribution >= 4 is 0 Å². The smallest absolute Gasteiger partial charge is 0.104 e. The lowest BCUT2D eigenvalue weighted by molar-refractivity contribution is 0.350. The Morgan fingerprint density at radius 3 is 2.70 bits per heavy atom. The van der Waals surface area contributed by atoms with Crippen LogP contribution in [0.15, 0.2) is 24.3 Å². The molecule has 0 saturated heterocycles. The fourth-order valence-corrected chi connectivity index (χ4v) is 0.612. The van der Waals surface area contributed by atoms with Crippen LogP contribution >= 0.6 is 0 Å². The topological polar surface area (TPSA) is 20.2 Å². The Morgan fingerprint density at radius 1 is 1.40 bits per heavy atom. The van der Waals surface area contributed by atoms with Crippen LogP contribution in [-0.2, 0) is 0 Å². The van der Waals surface area contributed by atoms with Gasteiger partial charge in [0.25, 0.3) is 0 Å². The highest BCUT2D eigenvalue weighted by molar-refractivity contribution is 5.33. The lowest BCUT2D eigenvalue weighted by Gasteiger charge is -1.83. The molecular formula is C9H7O. The van der Waals surface area contributed by atoms with E-state index in [0.717, 1.165) is 5.56 Å². The van der Waals surface area contributed by atoms with Crippen LogP contribution in [0.5, 0.6) is 0 Å². The molecule has 0 unspecified atom stereocenters. The summed E-state index contributed by atoms with van der Waals surface area (Å²) in [6, 6.07) is 10.2. The van der Waals surface area contributed by atoms with Crippen LogP contribution in [0.3, 0.4) is 0 Å². The Balaban J connectivity index is 2.76. The van der Waals surface area contributed by atoms with E-state index in [1.807, 2.05) is 12.1 Å². The van der Waals surface area contributed by atoms with Crippen molar-refractivity contribution in [2.75, 3.05) is 6.61 Å². The summed E-state index contributed by atoms with van der Waals surface area (Å²) in [5, 5.41) is 8.35. The van der Waals surface area contributed by atoms with Crippen molar-refractivity contribution < 1.29 is 5.11 Å². The molecule has 1 aromatic carbocycles. The van der Waals surface area contributed by atoms with Crippen LogP contribution in [-0.4, -0.2) is 11.7 Å². The van der Waals surface area contributed by atoms with E-state index in [2.05, 4.69) is 17.9 Å². The predicted molar refractivity (Wildman–Crippen MR) is 39.2 cm³/mol. The summed E-state index contributed by atoms with van der Waals surface area (Å²) in [7, 11) is 0. The molecule has 0 amide bonds. The molecule has 0 spiro atoms. The summed E-state index contributed by atoms with van der Waals surface area (Å²) in [6.45, 7) is -0.0847. The highest BCUT2D eigenvalue weighted by atomic mass is 16.2. The van der Waals surface area contributed by atoms with E-state index in [-0.39, 0.29) is 6.61 Å². The van der Waals surface area contributed by atoms with E-state index in [9.17, 15) is 0 Å². The molecule has 1 nitrogen and oxygen atoms in total. The van der Waals surface area contributed by atoms with E-state index in [0.29, 0.717) is 0 Å². The molecular weight excluding hydrogens is 124 g/mol. The monoisotopic (exact) mass is 131 g/mol. The lowest BCUT2D eigenvalue weighted by atomic mass is 10.2. The lowest BCUT2D eigenvalue weighted by Crippen LogP contribution is -1.74. The van der Waals surface area contributed by atoms with Gasteiger partial charge in [0.2, 0.25) is 0 Å². The normalized spacial score (nSPS) is 8.10. The molecule has 0 fully saturated rings. The molecule has 1 radical (unpaired) electrons. The van der Waals surface area contributed by atoms with Crippen LogP contribution in [0.1, 0.15) is 5.56 Å². The van der Waals surface area contributed by atoms with Crippen LogP contribution in [0.25, 0.3) is 0 Å². The first-order valence-corrected chi connectivity index (χ1v) is 2.99. The fourth-order valence-electron chi connectivity index (χ4n) is 0.612. The molecule has 0 aliphatic carbocycles. The molecule has 0 bridgehead atoms. The minimum absolute atomic E-state index is 0.0847. The zero-order chi connectivity index (χ0) is 7.23. The number of aliphatic hydroxyl groups excluding tert-OH is 1. The maximum atomic E-state index is 8.35. The molecule has 0 heterocycles. The number of hydrogen-bond acceptors (Lipinski definition) is 1. The van der Waals surface area contributed by atoms with Crippen LogP contribution in [0.4, 0.5) is 0 Å². The highest BCUT2D eigenvalue weighted by Gasteiger charge is 1.79. The van der Waals surface area contributed by atoms with Crippen molar-refractivity contribution in [1.29, 1.82) is 0 Å². The van der Waals surface area contributed by atoms with E-state index in [4.69, 9.17) is 5.11 Å². The van der Waals surface area contributed by atoms with Crippen molar-refractivity contribution in [3.63, 3.8) is 0 Å². The Hall–Kier alpha value is -1.26. The SMILES string of the molecule is OCC#Cc1cc[c]cc1. The minimum atomic E-state index is -0.0847. The van der Waals surface area contributed by atoms with Crippen LogP contribution < -0.4 is 0 Å². The molecule has 0 atom stereocenters. The van der Waals surface area contributed by atoms with Gasteiger partial charge in [0.1, 0.15) is 6.61 Å². The molecule has 0 aromatic heterocycles. The van der Waals surface area contributed by atoms with Gasteiger partial charge in [-0.1, -0.05) is 24.0 Å². The summed E-state index contributed by atoms with van der Waals surface area (Å²) >= 11 is 0. The second kappa shape index (κ2) is 3.71. The summed E-state index contributed by atoms with van der Waals surface area (Å²) in [4.78, 5) is 0. The minimum Gasteiger partial charge on any atom is -0.384 e. The first-order valence-electron chi connectivity index (χ1n) is 2.99. The zero-order valence-electron chi connectivity index (χ0n) is 5.46. The second-order valence-electron chi connectivity index (χ2n) is 1.75. The van der Waals surface area contributed by atoms with Gasteiger partial charge in [-0.2, -0.15) is 0 Å². The van der Waals surface area contributed by atoms with Crippen molar-refractivity contribution in [3.05, 3.63) is 35.9 Å². The molecule has 0 saturated carbocycles. The third kappa shape index (κ3) is 1.93. The Bertz CT molecular complexity index is 240. The number of hydrogen-bond donors (Lipinski definition) is 1. The molecule has 10 heavy (non-hydrogen) atoms. The largest absolute Gasteiger partial charge is 0.384 e. The molecule has 49 valence electrons. The average Bonchev–Trinajstić information content (AvgIpc) is 2.03. The van der Waals surface area contributed by atoms with Gasteiger partial charge < -0.3 is 5.11 Å². The van der Waals surface area contributed by atoms with Gasteiger partial charge in [0, 0.05) is 5.56 Å². The van der Waals surface area contributed by atoms with Crippen molar-refractivity contribution in [2.24, 2.45) is 0 Å². The van der Waals surface area contributed by atoms with Gasteiger partial charge in [-0.05, 0) is 18.2 Å². The van der Waals surface area contributed by atoms with Gasteiger partial charge in [0.15, 0.2) is 0 Å². The number of aliphatic hydroxyl groups is 1. The van der Waals surface area contributed by atoms with Gasteiger partial charge in [0.05, 0.1) is 0 Å². The first-order chi connectivity index (χ1) is 4.93. The Morgan fingerprint density at radius 2 is 2.10 bits per heavy atom. The zero-order valence-corrected chi connectivity index (χ0v) is 5.46. The van der Waals surface area contributed by atoms with Crippen LogP contribution in [0.2, 0.25) is 0 Å². The third-order valence-corrected chi connectivity index (χ3v) is 1.03. The summed E-state index contributed by atoms with van der Waals surface area (Å²) in [5.41, 5.74) is 0.910. The Labute approximate surface area is 60.3 Å². The Kier molecular flexibility index (Phi) is 2.54. The molecule has 0 aliphatic rings. The quantitative estimate of drug-likeness (QED) is 0.517. The molecule has 1 rings (SSSR count). The fraction of sp³-hybridized carbons (Fsp3) is 0.111. The standard InChI is InChI=1S/C9H7O/c10-8-4-7-9-5-2-1-3-6-9/h2-3,5-6,10H,8H2. The summed E-state index contributed by atoms with van der Waals surface area (Å²) in [6.07, 6.45) is 0. The average molecular weight is 131 g/mol. The van der Waals surface area contributed by atoms with E-state index >= 15 is 0 Å². The summed E-state index contributed by atoms with van der Waals surface area (Å²) in [5.74, 6) is 5.33. The van der Waals surface area contributed by atoms with Crippen LogP contribution in [0, 0.1) is 17.9 Å². The van der Waals surface area contributed by atoms with Gasteiger partial charge in [-0.15, -0.1) is 0 Å². The van der Waals surface area contributed by atoms with Crippen molar-refractivity contribution in [3.8, 4) is 11.8 Å². The maximum absolute atomic E-state index is 8.35. The van der Waals surface area contributed by atoms with Gasteiger partial charge >= 0.3 is 0 Å². The van der Waals surface area contributed by atoms with Crippen molar-refractivity contribution in [1.82, 2.24) is 0 Å².